The largest absolute Gasteiger partial charge is 0.465 e. The fourth-order valence-electron chi connectivity index (χ4n) is 0.865. The minimum Gasteiger partial charge on any atom is -0.465 e. The summed E-state index contributed by atoms with van der Waals surface area (Å²) in [7, 11) is 1.36. The summed E-state index contributed by atoms with van der Waals surface area (Å²) < 4.78 is 5.42. The number of methoxy groups -OCH3 is 1. The van der Waals surface area contributed by atoms with Crippen LogP contribution in [0.1, 0.15) is 15.9 Å². The van der Waals surface area contributed by atoms with Crippen molar-refractivity contribution in [1.82, 2.24) is 0 Å². The molecule has 1 rings (SSSR count). The number of esters is 1. The van der Waals surface area contributed by atoms with Gasteiger partial charge < -0.3 is 4.74 Å². The van der Waals surface area contributed by atoms with Crippen LogP contribution in [0.25, 0.3) is 0 Å². The van der Waals surface area contributed by atoms with E-state index < -0.39 is 0 Å². The standard InChI is InChI=1S/C9H8BrO2/c1-6-3-4-7(10)5-8(6)9(11)12-2/h4-5H,1-2H3. The predicted molar refractivity (Wildman–Crippen MR) is 49.1 cm³/mol. The average Bonchev–Trinajstić information content (AvgIpc) is 2.08. The Labute approximate surface area is 79.7 Å². The number of halogens is 1. The molecule has 2 nitrogen and oxygen atoms in total. The van der Waals surface area contributed by atoms with Crippen LogP contribution in [0.5, 0.6) is 0 Å². The first-order valence-corrected chi connectivity index (χ1v) is 4.20. The zero-order valence-corrected chi connectivity index (χ0v) is 8.44. The Morgan fingerprint density at radius 2 is 2.33 bits per heavy atom. The van der Waals surface area contributed by atoms with E-state index in [-0.39, 0.29) is 5.97 Å². The van der Waals surface area contributed by atoms with Crippen molar-refractivity contribution in [3.8, 4) is 0 Å². The van der Waals surface area contributed by atoms with Crippen LogP contribution < -0.4 is 0 Å². The molecule has 1 aromatic rings. The molecule has 0 heterocycles. The Bertz CT molecular complexity index is 307. The Morgan fingerprint density at radius 3 is 2.92 bits per heavy atom. The highest BCUT2D eigenvalue weighted by Crippen LogP contribution is 2.15. The quantitative estimate of drug-likeness (QED) is 0.689. The van der Waals surface area contributed by atoms with E-state index in [2.05, 4.69) is 26.7 Å². The van der Waals surface area contributed by atoms with E-state index in [0.29, 0.717) is 5.56 Å². The van der Waals surface area contributed by atoms with Gasteiger partial charge in [0.15, 0.2) is 0 Å². The van der Waals surface area contributed by atoms with Crippen molar-refractivity contribution in [1.29, 1.82) is 0 Å². The lowest BCUT2D eigenvalue weighted by atomic mass is 10.1. The number of aryl methyl sites for hydroxylation is 1. The normalized spacial score (nSPS) is 9.58. The molecule has 0 aliphatic rings. The highest BCUT2D eigenvalue weighted by Gasteiger charge is 2.08. The predicted octanol–water partition coefficient (Wildman–Crippen LogP) is 2.34. The van der Waals surface area contributed by atoms with Gasteiger partial charge in [-0.15, -0.1) is 0 Å². The SMILES string of the molecule is COC(=O)c1cc(Br)c[c]c1C. The van der Waals surface area contributed by atoms with E-state index in [1.165, 1.54) is 7.11 Å². The number of rotatable bonds is 1. The van der Waals surface area contributed by atoms with Crippen molar-refractivity contribution in [3.05, 3.63) is 33.8 Å². The van der Waals surface area contributed by atoms with E-state index in [1.54, 1.807) is 12.1 Å². The lowest BCUT2D eigenvalue weighted by molar-refractivity contribution is 0.0600. The third-order valence-electron chi connectivity index (χ3n) is 1.52. The van der Waals surface area contributed by atoms with Crippen molar-refractivity contribution in [2.75, 3.05) is 7.11 Å². The lowest BCUT2D eigenvalue weighted by Crippen LogP contribution is -2.03. The van der Waals surface area contributed by atoms with Crippen LogP contribution in [0.15, 0.2) is 16.6 Å². The number of hydrogen-bond acceptors (Lipinski definition) is 2. The van der Waals surface area contributed by atoms with E-state index in [1.807, 2.05) is 6.92 Å². The average molecular weight is 228 g/mol. The van der Waals surface area contributed by atoms with Gasteiger partial charge in [-0.05, 0) is 30.7 Å². The summed E-state index contributed by atoms with van der Waals surface area (Å²) >= 11 is 3.25. The summed E-state index contributed by atoms with van der Waals surface area (Å²) in [4.78, 5) is 11.1. The molecule has 3 heteroatoms. The van der Waals surface area contributed by atoms with Gasteiger partial charge in [0.2, 0.25) is 0 Å². The molecule has 0 saturated heterocycles. The molecule has 0 bridgehead atoms. The van der Waals surface area contributed by atoms with Crippen LogP contribution in [0.2, 0.25) is 0 Å². The minimum atomic E-state index is -0.329. The number of carbonyl (C=O) groups is 1. The molecule has 1 aromatic carbocycles. The molecule has 0 aromatic heterocycles. The van der Waals surface area contributed by atoms with Crippen molar-refractivity contribution >= 4 is 21.9 Å². The van der Waals surface area contributed by atoms with Crippen molar-refractivity contribution < 1.29 is 9.53 Å². The van der Waals surface area contributed by atoms with Gasteiger partial charge in [0.25, 0.3) is 0 Å². The Balaban J connectivity index is 3.13. The molecule has 0 fully saturated rings. The fourth-order valence-corrected chi connectivity index (χ4v) is 1.21. The number of ether oxygens (including phenoxy) is 1. The molecule has 0 atom stereocenters. The molecule has 1 radical (unpaired) electrons. The van der Waals surface area contributed by atoms with E-state index in [9.17, 15) is 4.79 Å². The van der Waals surface area contributed by atoms with E-state index >= 15 is 0 Å². The molecule has 0 aliphatic carbocycles. The Hall–Kier alpha value is -0.830. The fraction of sp³-hybridized carbons (Fsp3) is 0.222. The minimum absolute atomic E-state index is 0.329. The first kappa shape index (κ1) is 9.26. The molecule has 12 heavy (non-hydrogen) atoms. The van der Waals surface area contributed by atoms with Crippen LogP contribution in [0, 0.1) is 13.0 Å². The monoisotopic (exact) mass is 227 g/mol. The molecule has 0 unspecified atom stereocenters. The Kier molecular flexibility index (Phi) is 2.87. The molecule has 0 N–H and O–H groups in total. The second kappa shape index (κ2) is 3.72. The summed E-state index contributed by atoms with van der Waals surface area (Å²) in [6, 6.07) is 6.42. The summed E-state index contributed by atoms with van der Waals surface area (Å²) in [6.07, 6.45) is 0. The van der Waals surface area contributed by atoms with Crippen LogP contribution in [0.4, 0.5) is 0 Å². The molecule has 0 saturated carbocycles. The maximum atomic E-state index is 11.1. The van der Waals surface area contributed by atoms with Crippen LogP contribution >= 0.6 is 15.9 Å². The number of carbonyl (C=O) groups excluding carboxylic acids is 1. The first-order valence-electron chi connectivity index (χ1n) is 3.41. The topological polar surface area (TPSA) is 26.3 Å². The van der Waals surface area contributed by atoms with Crippen LogP contribution in [-0.4, -0.2) is 13.1 Å². The second-order valence-corrected chi connectivity index (χ2v) is 3.26. The van der Waals surface area contributed by atoms with Crippen molar-refractivity contribution in [2.24, 2.45) is 0 Å². The molecular formula is C9H8BrO2. The highest BCUT2D eigenvalue weighted by molar-refractivity contribution is 9.10. The summed E-state index contributed by atoms with van der Waals surface area (Å²) in [5, 5.41) is 0. The van der Waals surface area contributed by atoms with Gasteiger partial charge in [0.1, 0.15) is 0 Å². The Morgan fingerprint density at radius 1 is 1.67 bits per heavy atom. The van der Waals surface area contributed by atoms with Gasteiger partial charge in [0.05, 0.1) is 12.7 Å². The van der Waals surface area contributed by atoms with Gasteiger partial charge in [-0.1, -0.05) is 15.9 Å². The lowest BCUT2D eigenvalue weighted by Gasteiger charge is -2.02. The maximum Gasteiger partial charge on any atom is 0.338 e. The van der Waals surface area contributed by atoms with E-state index in [4.69, 9.17) is 0 Å². The summed E-state index contributed by atoms with van der Waals surface area (Å²) in [5.41, 5.74) is 1.34. The molecule has 0 amide bonds. The highest BCUT2D eigenvalue weighted by atomic mass is 79.9. The first-order chi connectivity index (χ1) is 5.65. The number of benzene rings is 1. The zero-order valence-electron chi connectivity index (χ0n) is 6.85. The molecular weight excluding hydrogens is 220 g/mol. The smallest absolute Gasteiger partial charge is 0.338 e. The van der Waals surface area contributed by atoms with Gasteiger partial charge in [-0.2, -0.15) is 0 Å². The zero-order chi connectivity index (χ0) is 9.14. The molecule has 0 spiro atoms. The molecule has 63 valence electrons. The number of hydrogen-bond donors (Lipinski definition) is 0. The van der Waals surface area contributed by atoms with Gasteiger partial charge in [-0.3, -0.25) is 0 Å². The maximum absolute atomic E-state index is 11.1. The van der Waals surface area contributed by atoms with Crippen molar-refractivity contribution in [3.63, 3.8) is 0 Å². The van der Waals surface area contributed by atoms with Gasteiger partial charge in [0, 0.05) is 4.47 Å². The third kappa shape index (κ3) is 1.85. The summed E-state index contributed by atoms with van der Waals surface area (Å²) in [6.45, 7) is 1.82. The van der Waals surface area contributed by atoms with E-state index in [0.717, 1.165) is 10.0 Å². The van der Waals surface area contributed by atoms with Crippen molar-refractivity contribution in [2.45, 2.75) is 6.92 Å². The van der Waals surface area contributed by atoms with Crippen LogP contribution in [-0.2, 0) is 4.74 Å². The second-order valence-electron chi connectivity index (χ2n) is 2.35. The van der Waals surface area contributed by atoms with Gasteiger partial charge in [-0.25, -0.2) is 4.79 Å². The molecule has 0 aliphatic heterocycles. The summed E-state index contributed by atoms with van der Waals surface area (Å²) in [5.74, 6) is -0.329. The third-order valence-corrected chi connectivity index (χ3v) is 1.98. The van der Waals surface area contributed by atoms with Crippen LogP contribution in [0.3, 0.4) is 0 Å². The van der Waals surface area contributed by atoms with Gasteiger partial charge >= 0.3 is 5.97 Å².